The first-order valence-corrected chi connectivity index (χ1v) is 6.19. The van der Waals surface area contributed by atoms with Crippen molar-refractivity contribution in [3.8, 4) is 0 Å². The molecule has 1 atom stereocenters. The lowest BCUT2D eigenvalue weighted by atomic mass is 10.2. The number of pyridine rings is 1. The molecule has 4 nitrogen and oxygen atoms in total. The van der Waals surface area contributed by atoms with Crippen LogP contribution >= 0.6 is 0 Å². The van der Waals surface area contributed by atoms with Gasteiger partial charge in [-0.2, -0.15) is 0 Å². The predicted molar refractivity (Wildman–Crippen MR) is 72.3 cm³/mol. The molecule has 2 aromatic heterocycles. The first-order valence-electron chi connectivity index (χ1n) is 6.19. The Morgan fingerprint density at radius 3 is 2.72 bits per heavy atom. The smallest absolute Gasteiger partial charge is 0.123 e. The topological polar surface area (TPSA) is 55.3 Å². The first kappa shape index (κ1) is 12.6. The highest BCUT2D eigenvalue weighted by molar-refractivity contribution is 5.44. The molecular weight excluding hydrogens is 226 g/mol. The summed E-state index contributed by atoms with van der Waals surface area (Å²) in [6.07, 6.45) is 3.56. The molecule has 0 spiro atoms. The van der Waals surface area contributed by atoms with E-state index in [1.807, 2.05) is 31.3 Å². The van der Waals surface area contributed by atoms with Crippen LogP contribution in [-0.4, -0.2) is 11.5 Å². The van der Waals surface area contributed by atoms with Crippen molar-refractivity contribution in [1.29, 1.82) is 0 Å². The van der Waals surface area contributed by atoms with Crippen LogP contribution in [0, 0.1) is 0 Å². The van der Waals surface area contributed by atoms with Gasteiger partial charge in [0, 0.05) is 12.6 Å². The summed E-state index contributed by atoms with van der Waals surface area (Å²) < 4.78 is 5.37. The van der Waals surface area contributed by atoms with Gasteiger partial charge in [-0.25, -0.2) is 0 Å². The summed E-state index contributed by atoms with van der Waals surface area (Å²) in [5, 5.41) is 0. The Balaban J connectivity index is 2.12. The summed E-state index contributed by atoms with van der Waals surface area (Å²) >= 11 is 0. The van der Waals surface area contributed by atoms with Gasteiger partial charge in [0.15, 0.2) is 0 Å². The van der Waals surface area contributed by atoms with Crippen LogP contribution in [0.2, 0.25) is 0 Å². The van der Waals surface area contributed by atoms with Crippen LogP contribution in [0.1, 0.15) is 31.3 Å². The maximum atomic E-state index is 5.79. The molecule has 0 bridgehead atoms. The number of hydrogen-bond donors (Lipinski definition) is 1. The Labute approximate surface area is 107 Å². The van der Waals surface area contributed by atoms with E-state index in [0.717, 1.165) is 30.2 Å². The minimum absolute atomic E-state index is 0.0285. The Kier molecular flexibility index (Phi) is 3.99. The summed E-state index contributed by atoms with van der Waals surface area (Å²) in [6.45, 7) is 5.70. The van der Waals surface area contributed by atoms with Gasteiger partial charge in [0.25, 0.3) is 0 Å². The van der Waals surface area contributed by atoms with Crippen molar-refractivity contribution < 1.29 is 4.42 Å². The third kappa shape index (κ3) is 2.90. The molecule has 0 fully saturated rings. The van der Waals surface area contributed by atoms with Crippen molar-refractivity contribution in [3.05, 3.63) is 48.2 Å². The number of nitrogens with zero attached hydrogens (tertiary/aromatic N) is 2. The van der Waals surface area contributed by atoms with Crippen LogP contribution < -0.4 is 10.6 Å². The van der Waals surface area contributed by atoms with Crippen molar-refractivity contribution in [3.63, 3.8) is 0 Å². The molecule has 18 heavy (non-hydrogen) atoms. The highest BCUT2D eigenvalue weighted by Crippen LogP contribution is 2.18. The van der Waals surface area contributed by atoms with Gasteiger partial charge in [0.05, 0.1) is 30.4 Å². The third-order valence-electron chi connectivity index (χ3n) is 2.91. The Bertz CT molecular complexity index is 462. The standard InChI is InChI=1S/C14H19N3O/c1-3-17(10-13-5-4-8-18-13)12-6-7-14(11(2)15)16-9-12/h4-9,11H,3,10,15H2,1-2H3/t11-/m1/s1. The molecule has 0 unspecified atom stereocenters. The maximum Gasteiger partial charge on any atom is 0.123 e. The van der Waals surface area contributed by atoms with Gasteiger partial charge < -0.3 is 15.1 Å². The van der Waals surface area contributed by atoms with Gasteiger partial charge in [0.2, 0.25) is 0 Å². The van der Waals surface area contributed by atoms with Crippen LogP contribution in [-0.2, 0) is 6.54 Å². The number of furan rings is 1. The van der Waals surface area contributed by atoms with Crippen LogP contribution in [0.25, 0.3) is 0 Å². The van der Waals surface area contributed by atoms with Gasteiger partial charge in [-0.3, -0.25) is 4.98 Å². The molecule has 2 heterocycles. The fourth-order valence-electron chi connectivity index (χ4n) is 1.83. The lowest BCUT2D eigenvalue weighted by molar-refractivity contribution is 0.503. The molecule has 0 aromatic carbocycles. The number of hydrogen-bond acceptors (Lipinski definition) is 4. The van der Waals surface area contributed by atoms with Crippen molar-refractivity contribution >= 4 is 5.69 Å². The van der Waals surface area contributed by atoms with Crippen molar-refractivity contribution in [2.45, 2.75) is 26.4 Å². The Morgan fingerprint density at radius 1 is 1.39 bits per heavy atom. The molecule has 96 valence electrons. The quantitative estimate of drug-likeness (QED) is 0.880. The van der Waals surface area contributed by atoms with Crippen molar-refractivity contribution in [1.82, 2.24) is 4.98 Å². The van der Waals surface area contributed by atoms with Gasteiger partial charge in [-0.15, -0.1) is 0 Å². The van der Waals surface area contributed by atoms with Crippen molar-refractivity contribution in [2.24, 2.45) is 5.73 Å². The molecule has 0 aliphatic rings. The normalized spacial score (nSPS) is 12.4. The lowest BCUT2D eigenvalue weighted by Gasteiger charge is -2.21. The van der Waals surface area contributed by atoms with Gasteiger partial charge in [-0.1, -0.05) is 0 Å². The van der Waals surface area contributed by atoms with E-state index >= 15 is 0 Å². The molecule has 2 rings (SSSR count). The molecule has 2 N–H and O–H groups in total. The minimum atomic E-state index is -0.0285. The van der Waals surface area contributed by atoms with Crippen LogP contribution in [0.15, 0.2) is 41.1 Å². The fraction of sp³-hybridized carbons (Fsp3) is 0.357. The van der Waals surface area contributed by atoms with E-state index in [-0.39, 0.29) is 6.04 Å². The number of aromatic nitrogens is 1. The third-order valence-corrected chi connectivity index (χ3v) is 2.91. The second-order valence-corrected chi connectivity index (χ2v) is 4.32. The molecule has 4 heteroatoms. The molecule has 0 amide bonds. The fourth-order valence-corrected chi connectivity index (χ4v) is 1.83. The highest BCUT2D eigenvalue weighted by Gasteiger charge is 2.08. The predicted octanol–water partition coefficient (Wildman–Crippen LogP) is 2.72. The van der Waals surface area contributed by atoms with Gasteiger partial charge >= 0.3 is 0 Å². The van der Waals surface area contributed by atoms with E-state index in [2.05, 4.69) is 22.9 Å². The van der Waals surface area contributed by atoms with E-state index in [9.17, 15) is 0 Å². The Hall–Kier alpha value is -1.81. The summed E-state index contributed by atoms with van der Waals surface area (Å²) in [5.41, 5.74) is 7.78. The Morgan fingerprint density at radius 2 is 2.22 bits per heavy atom. The van der Waals surface area contributed by atoms with E-state index in [0.29, 0.717) is 0 Å². The van der Waals surface area contributed by atoms with E-state index in [1.165, 1.54) is 0 Å². The van der Waals surface area contributed by atoms with Crippen LogP contribution in [0.3, 0.4) is 0 Å². The molecule has 0 aliphatic carbocycles. The second kappa shape index (κ2) is 5.69. The van der Waals surface area contributed by atoms with E-state index in [1.54, 1.807) is 6.26 Å². The number of rotatable bonds is 5. The van der Waals surface area contributed by atoms with Crippen LogP contribution in [0.4, 0.5) is 5.69 Å². The van der Waals surface area contributed by atoms with Crippen molar-refractivity contribution in [2.75, 3.05) is 11.4 Å². The molecule has 0 saturated heterocycles. The molecular formula is C14H19N3O. The summed E-state index contributed by atoms with van der Waals surface area (Å²) in [5.74, 6) is 0.952. The van der Waals surface area contributed by atoms with Gasteiger partial charge in [-0.05, 0) is 38.1 Å². The lowest BCUT2D eigenvalue weighted by Crippen LogP contribution is -2.22. The summed E-state index contributed by atoms with van der Waals surface area (Å²) in [6, 6.07) is 7.88. The number of nitrogens with two attached hydrogens (primary N) is 1. The number of anilines is 1. The largest absolute Gasteiger partial charge is 0.467 e. The average Bonchev–Trinajstić information content (AvgIpc) is 2.89. The molecule has 0 radical (unpaired) electrons. The molecule has 2 aromatic rings. The summed E-state index contributed by atoms with van der Waals surface area (Å²) in [7, 11) is 0. The zero-order valence-corrected chi connectivity index (χ0v) is 10.8. The molecule has 0 aliphatic heterocycles. The van der Waals surface area contributed by atoms with E-state index < -0.39 is 0 Å². The highest BCUT2D eigenvalue weighted by atomic mass is 16.3. The molecule has 0 saturated carbocycles. The summed E-state index contributed by atoms with van der Waals surface area (Å²) in [4.78, 5) is 6.58. The SMILES string of the molecule is CCN(Cc1ccco1)c1ccc([C@@H](C)N)nc1. The monoisotopic (exact) mass is 245 g/mol. The van der Waals surface area contributed by atoms with Crippen LogP contribution in [0.5, 0.6) is 0 Å². The zero-order chi connectivity index (χ0) is 13.0. The second-order valence-electron chi connectivity index (χ2n) is 4.32. The zero-order valence-electron chi connectivity index (χ0n) is 10.8. The minimum Gasteiger partial charge on any atom is -0.467 e. The van der Waals surface area contributed by atoms with E-state index in [4.69, 9.17) is 10.2 Å². The first-order chi connectivity index (χ1) is 8.70. The maximum absolute atomic E-state index is 5.79. The average molecular weight is 245 g/mol. The van der Waals surface area contributed by atoms with Gasteiger partial charge in [0.1, 0.15) is 5.76 Å².